The molecule has 3 aromatic rings. The molecular weight excluding hydrogens is 393 g/mol. The first-order chi connectivity index (χ1) is 14.4. The van der Waals surface area contributed by atoms with Crippen LogP contribution in [-0.4, -0.2) is 17.8 Å². The Labute approximate surface area is 173 Å². The quantitative estimate of drug-likeness (QED) is 0.666. The van der Waals surface area contributed by atoms with Gasteiger partial charge in [0.15, 0.2) is 17.5 Å². The molecule has 1 aliphatic heterocycles. The Balaban J connectivity index is 1.85. The Kier molecular flexibility index (Phi) is 5.47. The minimum Gasteiger partial charge on any atom is -0.490 e. The lowest BCUT2D eigenvalue weighted by Crippen LogP contribution is -2.83. The molecular formula is C23H24F3N2O2+. The zero-order valence-corrected chi connectivity index (χ0v) is 16.9. The van der Waals surface area contributed by atoms with Gasteiger partial charge in [-0.05, 0) is 38.1 Å². The second-order valence-electron chi connectivity index (χ2n) is 7.10. The molecule has 0 fully saturated rings. The molecule has 1 aliphatic rings. The van der Waals surface area contributed by atoms with Crippen molar-refractivity contribution in [2.75, 3.05) is 13.2 Å². The van der Waals surface area contributed by atoms with Crippen molar-refractivity contribution >= 4 is 0 Å². The molecule has 0 unspecified atom stereocenters. The number of hydrogen-bond donors (Lipinski definition) is 1. The summed E-state index contributed by atoms with van der Waals surface area (Å²) in [5.74, 6) is 1.28. The van der Waals surface area contributed by atoms with Gasteiger partial charge in [-0.15, -0.1) is 0 Å². The van der Waals surface area contributed by atoms with E-state index in [1.807, 2.05) is 54.2 Å². The van der Waals surface area contributed by atoms with E-state index in [1.54, 1.807) is 12.1 Å². The summed E-state index contributed by atoms with van der Waals surface area (Å²) in [4.78, 5) is 0. The largest absolute Gasteiger partial charge is 0.490 e. The van der Waals surface area contributed by atoms with Crippen molar-refractivity contribution in [2.24, 2.45) is 0 Å². The summed E-state index contributed by atoms with van der Waals surface area (Å²) in [6.45, 7) is 5.31. The van der Waals surface area contributed by atoms with Gasteiger partial charge in [-0.2, -0.15) is 13.2 Å². The number of ether oxygens (including phenoxy) is 2. The SMILES string of the molecule is CCOc1cc2c(cc1OCC)-n1cccc1[C@H](c1ccccc1C(F)(F)F)[NH2+]C2. The van der Waals surface area contributed by atoms with Crippen LogP contribution in [0.25, 0.3) is 5.69 Å². The number of quaternary nitrogens is 1. The normalized spacial score (nSPS) is 15.8. The van der Waals surface area contributed by atoms with Crippen LogP contribution in [0.5, 0.6) is 11.5 Å². The molecule has 1 atom stereocenters. The molecule has 0 spiro atoms. The zero-order valence-electron chi connectivity index (χ0n) is 16.9. The van der Waals surface area contributed by atoms with E-state index in [-0.39, 0.29) is 5.56 Å². The minimum absolute atomic E-state index is 0.257. The third-order valence-electron chi connectivity index (χ3n) is 5.28. The van der Waals surface area contributed by atoms with Crippen LogP contribution < -0.4 is 14.8 Å². The average Bonchev–Trinajstić information content (AvgIpc) is 3.14. The maximum Gasteiger partial charge on any atom is 0.416 e. The molecule has 0 saturated carbocycles. The fourth-order valence-corrected chi connectivity index (χ4v) is 4.06. The first kappa shape index (κ1) is 20.3. The predicted octanol–water partition coefficient (Wildman–Crippen LogP) is 4.46. The van der Waals surface area contributed by atoms with Crippen molar-refractivity contribution in [3.8, 4) is 17.2 Å². The van der Waals surface area contributed by atoms with Gasteiger partial charge in [-0.3, -0.25) is 0 Å². The van der Waals surface area contributed by atoms with Crippen molar-refractivity contribution in [3.63, 3.8) is 0 Å². The summed E-state index contributed by atoms with van der Waals surface area (Å²) < 4.78 is 54.5. The number of nitrogens with two attached hydrogens (primary N) is 1. The van der Waals surface area contributed by atoms with Crippen molar-refractivity contribution in [1.82, 2.24) is 4.57 Å². The lowest BCUT2D eigenvalue weighted by atomic mass is 9.97. The standard InChI is InChI=1S/C23H23F3N2O2/c1-3-29-20-12-15-14-27-22(16-8-5-6-9-17(16)23(24,25)26)18-10-7-11-28(18)19(15)13-21(20)30-4-2/h5-13,22,27H,3-4,14H2,1-2H3/p+1/t22-/m0/s1. The highest BCUT2D eigenvalue weighted by molar-refractivity contribution is 5.56. The van der Waals surface area contributed by atoms with Gasteiger partial charge >= 0.3 is 6.18 Å². The maximum atomic E-state index is 13.7. The summed E-state index contributed by atoms with van der Waals surface area (Å²) >= 11 is 0. The van der Waals surface area contributed by atoms with E-state index in [0.717, 1.165) is 23.0 Å². The van der Waals surface area contributed by atoms with Gasteiger partial charge in [0.25, 0.3) is 0 Å². The summed E-state index contributed by atoms with van der Waals surface area (Å²) in [6.07, 6.45) is -2.53. The Bertz CT molecular complexity index is 1040. The number of benzene rings is 2. The van der Waals surface area contributed by atoms with Gasteiger partial charge in [-0.25, -0.2) is 0 Å². The zero-order chi connectivity index (χ0) is 21.3. The number of fused-ring (bicyclic) bond motifs is 3. The van der Waals surface area contributed by atoms with E-state index in [9.17, 15) is 13.2 Å². The van der Waals surface area contributed by atoms with Crippen LogP contribution >= 0.6 is 0 Å². The number of aromatic nitrogens is 1. The fraction of sp³-hybridized carbons (Fsp3) is 0.304. The van der Waals surface area contributed by atoms with E-state index >= 15 is 0 Å². The average molecular weight is 417 g/mol. The molecule has 2 N–H and O–H groups in total. The highest BCUT2D eigenvalue weighted by Gasteiger charge is 2.38. The molecule has 0 amide bonds. The molecule has 2 aromatic carbocycles. The van der Waals surface area contributed by atoms with Gasteiger partial charge in [-0.1, -0.05) is 18.2 Å². The van der Waals surface area contributed by atoms with Crippen LogP contribution in [0.2, 0.25) is 0 Å². The van der Waals surface area contributed by atoms with Crippen molar-refractivity contribution in [2.45, 2.75) is 32.6 Å². The Hall–Kier alpha value is -2.93. The number of hydrogen-bond acceptors (Lipinski definition) is 2. The molecule has 2 heterocycles. The molecule has 0 radical (unpaired) electrons. The van der Waals surface area contributed by atoms with Crippen LogP contribution in [0.3, 0.4) is 0 Å². The number of alkyl halides is 3. The van der Waals surface area contributed by atoms with Gasteiger partial charge in [0.1, 0.15) is 6.54 Å². The van der Waals surface area contributed by atoms with Crippen molar-refractivity contribution < 1.29 is 28.0 Å². The minimum atomic E-state index is -4.41. The van der Waals surface area contributed by atoms with Crippen molar-refractivity contribution in [3.05, 3.63) is 77.1 Å². The van der Waals surface area contributed by atoms with Crippen LogP contribution in [0.1, 0.15) is 42.3 Å². The number of rotatable bonds is 5. The van der Waals surface area contributed by atoms with E-state index in [1.165, 1.54) is 6.07 Å². The molecule has 7 heteroatoms. The molecule has 0 aliphatic carbocycles. The highest BCUT2D eigenvalue weighted by atomic mass is 19.4. The van der Waals surface area contributed by atoms with Crippen LogP contribution in [0, 0.1) is 0 Å². The lowest BCUT2D eigenvalue weighted by Gasteiger charge is -2.19. The lowest BCUT2D eigenvalue weighted by molar-refractivity contribution is -0.702. The van der Waals surface area contributed by atoms with E-state index in [0.29, 0.717) is 31.3 Å². The summed E-state index contributed by atoms with van der Waals surface area (Å²) in [5.41, 5.74) is 2.32. The van der Waals surface area contributed by atoms with Crippen LogP contribution in [-0.2, 0) is 12.7 Å². The Morgan fingerprint density at radius 2 is 1.70 bits per heavy atom. The molecule has 0 saturated heterocycles. The van der Waals surface area contributed by atoms with Gasteiger partial charge in [0, 0.05) is 23.4 Å². The number of halogens is 3. The molecule has 4 nitrogen and oxygen atoms in total. The maximum absolute atomic E-state index is 13.7. The second kappa shape index (κ2) is 8.07. The van der Waals surface area contributed by atoms with Gasteiger partial charge in [0.05, 0.1) is 30.2 Å². The summed E-state index contributed by atoms with van der Waals surface area (Å²) in [7, 11) is 0. The van der Waals surface area contributed by atoms with E-state index < -0.39 is 17.8 Å². The predicted molar refractivity (Wildman–Crippen MR) is 107 cm³/mol. The highest BCUT2D eigenvalue weighted by Crippen LogP contribution is 2.39. The smallest absolute Gasteiger partial charge is 0.416 e. The van der Waals surface area contributed by atoms with E-state index in [4.69, 9.17) is 9.47 Å². The Morgan fingerprint density at radius 1 is 1.00 bits per heavy atom. The summed E-state index contributed by atoms with van der Waals surface area (Å²) in [6, 6.07) is 12.9. The monoisotopic (exact) mass is 417 g/mol. The van der Waals surface area contributed by atoms with E-state index in [2.05, 4.69) is 0 Å². The first-order valence-electron chi connectivity index (χ1n) is 10.0. The molecule has 0 bridgehead atoms. The molecule has 1 aromatic heterocycles. The number of nitrogens with zero attached hydrogens (tertiary/aromatic N) is 1. The molecule has 4 rings (SSSR count). The third kappa shape index (κ3) is 3.65. The third-order valence-corrected chi connectivity index (χ3v) is 5.28. The molecule has 158 valence electrons. The second-order valence-corrected chi connectivity index (χ2v) is 7.10. The van der Waals surface area contributed by atoms with Crippen molar-refractivity contribution in [1.29, 1.82) is 0 Å². The first-order valence-corrected chi connectivity index (χ1v) is 10.0. The topological polar surface area (TPSA) is 40.0 Å². The Morgan fingerprint density at radius 3 is 2.40 bits per heavy atom. The molecule has 30 heavy (non-hydrogen) atoms. The van der Waals surface area contributed by atoms with Crippen LogP contribution in [0.15, 0.2) is 54.7 Å². The summed E-state index contributed by atoms with van der Waals surface area (Å²) in [5, 5.41) is 1.94. The van der Waals surface area contributed by atoms with Gasteiger partial charge in [0.2, 0.25) is 0 Å². The fourth-order valence-electron chi connectivity index (χ4n) is 4.06. The van der Waals surface area contributed by atoms with Gasteiger partial charge < -0.3 is 19.4 Å². The van der Waals surface area contributed by atoms with Crippen LogP contribution in [0.4, 0.5) is 13.2 Å².